The zero-order valence-electron chi connectivity index (χ0n) is 28.9. The minimum absolute atomic E-state index is 0.0732. The van der Waals surface area contributed by atoms with Gasteiger partial charge in [-0.3, -0.25) is 9.80 Å². The third kappa shape index (κ3) is 10.3. The van der Waals surface area contributed by atoms with Crippen molar-refractivity contribution < 1.29 is 9.59 Å². The lowest BCUT2D eigenvalue weighted by atomic mass is 10.2. The summed E-state index contributed by atoms with van der Waals surface area (Å²) in [7, 11) is 0. The first-order valence-electron chi connectivity index (χ1n) is 17.6. The van der Waals surface area contributed by atoms with Gasteiger partial charge < -0.3 is 24.9 Å². The number of benzene rings is 4. The van der Waals surface area contributed by atoms with Crippen molar-refractivity contribution in [2.24, 2.45) is 0 Å². The molecule has 50 heavy (non-hydrogen) atoms. The van der Waals surface area contributed by atoms with Gasteiger partial charge in [0.15, 0.2) is 0 Å². The highest BCUT2D eigenvalue weighted by Crippen LogP contribution is 2.19. The van der Waals surface area contributed by atoms with Gasteiger partial charge in [0.2, 0.25) is 0 Å². The second-order valence-electron chi connectivity index (χ2n) is 13.1. The van der Waals surface area contributed by atoms with Crippen LogP contribution in [0.2, 0.25) is 0 Å². The summed E-state index contributed by atoms with van der Waals surface area (Å²) in [4.78, 5) is 39.4. The van der Waals surface area contributed by atoms with E-state index >= 15 is 0 Å². The first kappa shape index (κ1) is 34.9. The van der Waals surface area contributed by atoms with Gasteiger partial charge >= 0.3 is 12.1 Å². The van der Waals surface area contributed by atoms with Crippen molar-refractivity contribution in [3.8, 4) is 0 Å². The highest BCUT2D eigenvalue weighted by Gasteiger charge is 2.31. The van der Waals surface area contributed by atoms with Crippen LogP contribution in [-0.4, -0.2) is 94.3 Å². The van der Waals surface area contributed by atoms with Crippen LogP contribution in [0.5, 0.6) is 0 Å². The van der Waals surface area contributed by atoms with E-state index in [9.17, 15) is 9.59 Å². The predicted molar refractivity (Wildman–Crippen MR) is 198 cm³/mol. The van der Waals surface area contributed by atoms with Gasteiger partial charge in [-0.15, -0.1) is 0 Å². The molecule has 2 heterocycles. The van der Waals surface area contributed by atoms with Crippen LogP contribution in [0.1, 0.15) is 28.7 Å². The van der Waals surface area contributed by atoms with E-state index in [4.69, 9.17) is 0 Å². The summed E-state index contributed by atoms with van der Waals surface area (Å²) >= 11 is 0. The molecule has 0 unspecified atom stereocenters. The summed E-state index contributed by atoms with van der Waals surface area (Å²) in [6.07, 6.45) is 5.36. The minimum Gasteiger partial charge on any atom is -0.313 e. The molecular weight excluding hydrogens is 622 g/mol. The molecule has 0 saturated carbocycles. The van der Waals surface area contributed by atoms with Gasteiger partial charge in [-0.1, -0.05) is 133 Å². The lowest BCUT2D eigenvalue weighted by Crippen LogP contribution is -2.57. The highest BCUT2D eigenvalue weighted by atomic mass is 16.2. The normalized spacial score (nSPS) is 16.2. The van der Waals surface area contributed by atoms with E-state index in [0.717, 1.165) is 54.9 Å². The van der Waals surface area contributed by atoms with E-state index in [1.165, 1.54) is 0 Å². The van der Waals surface area contributed by atoms with E-state index in [1.807, 2.05) is 92.4 Å². The summed E-state index contributed by atoms with van der Waals surface area (Å²) < 4.78 is 0. The second-order valence-corrected chi connectivity index (χ2v) is 13.1. The van der Waals surface area contributed by atoms with Gasteiger partial charge in [-0.05, 0) is 35.2 Å². The number of nitrogens with one attached hydrogen (secondary N) is 1. The molecule has 6 rings (SSSR count). The molecule has 2 fully saturated rings. The van der Waals surface area contributed by atoms with Gasteiger partial charge in [0.1, 0.15) is 0 Å². The molecule has 0 spiro atoms. The molecule has 1 N–H and O–H groups in total. The Morgan fingerprint density at radius 1 is 0.480 bits per heavy atom. The monoisotopic (exact) mass is 671 g/mol. The Bertz CT molecular complexity index is 1530. The largest absolute Gasteiger partial charge is 0.322 e. The fourth-order valence-corrected chi connectivity index (χ4v) is 6.56. The fourth-order valence-electron chi connectivity index (χ4n) is 6.56. The summed E-state index contributed by atoms with van der Waals surface area (Å²) in [5.74, 6) is 0. The van der Waals surface area contributed by atoms with E-state index in [0.29, 0.717) is 52.9 Å². The molecule has 0 bridgehead atoms. The highest BCUT2D eigenvalue weighted by molar-refractivity contribution is 5.75. The van der Waals surface area contributed by atoms with Crippen molar-refractivity contribution in [2.45, 2.75) is 32.6 Å². The zero-order valence-corrected chi connectivity index (χ0v) is 28.9. The molecule has 4 aromatic carbocycles. The summed E-state index contributed by atoms with van der Waals surface area (Å²) in [5.41, 5.74) is 4.54. The van der Waals surface area contributed by atoms with Crippen LogP contribution >= 0.6 is 0 Å². The van der Waals surface area contributed by atoms with E-state index in [-0.39, 0.29) is 12.1 Å². The lowest BCUT2D eigenvalue weighted by Gasteiger charge is -2.42. The van der Waals surface area contributed by atoms with Crippen molar-refractivity contribution in [2.75, 3.05) is 52.9 Å². The molecule has 0 radical (unpaired) electrons. The molecule has 260 valence electrons. The van der Waals surface area contributed by atoms with Crippen LogP contribution in [0.4, 0.5) is 9.59 Å². The van der Waals surface area contributed by atoms with Crippen molar-refractivity contribution in [1.29, 1.82) is 0 Å². The standard InChI is InChI=1S/C41H49N7O2/c49-40-45(28-36-16-5-1-6-17-36)32-43(33-46(40)29-37-18-7-2-8-19-37)26-14-13-24-42-25-15-27-44-34-47(30-38-20-9-3-10-21-38)41(50)48(35-44)31-39-22-11-4-12-23-39/h1-14,16-23,42H,15,24-35H2/b14-13+. The number of urea groups is 2. The van der Waals surface area contributed by atoms with Gasteiger partial charge in [-0.2, -0.15) is 0 Å². The second kappa shape index (κ2) is 18.2. The molecule has 2 saturated heterocycles. The third-order valence-electron chi connectivity index (χ3n) is 9.05. The van der Waals surface area contributed by atoms with Crippen molar-refractivity contribution in [1.82, 2.24) is 34.7 Å². The first-order chi connectivity index (χ1) is 24.6. The molecule has 4 aromatic rings. The molecule has 0 aliphatic carbocycles. The number of carbonyl (C=O) groups is 2. The van der Waals surface area contributed by atoms with E-state index in [1.54, 1.807) is 0 Å². The van der Waals surface area contributed by atoms with Gasteiger partial charge in [-0.25, -0.2) is 9.59 Å². The molecule has 0 aromatic heterocycles. The zero-order chi connectivity index (χ0) is 34.4. The third-order valence-corrected chi connectivity index (χ3v) is 9.05. The Balaban J connectivity index is 0.964. The number of amides is 4. The maximum Gasteiger partial charge on any atom is 0.322 e. The summed E-state index contributed by atoms with van der Waals surface area (Å²) in [5, 5.41) is 3.56. The van der Waals surface area contributed by atoms with Crippen molar-refractivity contribution >= 4 is 12.1 Å². The Kier molecular flexibility index (Phi) is 12.7. The van der Waals surface area contributed by atoms with E-state index < -0.39 is 0 Å². The lowest BCUT2D eigenvalue weighted by molar-refractivity contribution is 0.0262. The Hall–Kier alpha value is -4.96. The first-order valence-corrected chi connectivity index (χ1v) is 17.6. The quantitative estimate of drug-likeness (QED) is 0.113. The molecule has 0 atom stereocenters. The SMILES string of the molecule is O=C1N(Cc2ccccc2)CN(C/C=C/CNCCCN2CN(Cc3ccccc3)C(=O)N(Cc3ccccc3)C2)CN1Cc1ccccc1. The fraction of sp³-hybridized carbons (Fsp3) is 0.317. The van der Waals surface area contributed by atoms with Crippen LogP contribution in [-0.2, 0) is 26.2 Å². The van der Waals surface area contributed by atoms with Crippen molar-refractivity contribution in [3.05, 3.63) is 156 Å². The number of nitrogens with zero attached hydrogens (tertiary/aromatic N) is 6. The Labute approximate surface area is 297 Å². The molecule has 9 nitrogen and oxygen atoms in total. The molecule has 2 aliphatic heterocycles. The van der Waals surface area contributed by atoms with Gasteiger partial charge in [0, 0.05) is 45.8 Å². The maximum absolute atomic E-state index is 13.5. The average Bonchev–Trinajstić information content (AvgIpc) is 3.15. The van der Waals surface area contributed by atoms with Crippen LogP contribution in [0.15, 0.2) is 133 Å². The number of hydrogen-bond acceptors (Lipinski definition) is 5. The summed E-state index contributed by atoms with van der Waals surface area (Å²) in [6.45, 7) is 8.16. The predicted octanol–water partition coefficient (Wildman–Crippen LogP) is 6.23. The topological polar surface area (TPSA) is 65.6 Å². The van der Waals surface area contributed by atoms with Crippen LogP contribution in [0.3, 0.4) is 0 Å². The Morgan fingerprint density at radius 2 is 0.840 bits per heavy atom. The van der Waals surface area contributed by atoms with Gasteiger partial charge in [0.05, 0.1) is 26.7 Å². The summed E-state index contributed by atoms with van der Waals surface area (Å²) in [6, 6.07) is 41.0. The van der Waals surface area contributed by atoms with Crippen LogP contribution in [0, 0.1) is 0 Å². The molecule has 2 aliphatic rings. The Morgan fingerprint density at radius 3 is 1.22 bits per heavy atom. The smallest absolute Gasteiger partial charge is 0.313 e. The molecule has 9 heteroatoms. The number of rotatable bonds is 16. The minimum atomic E-state index is 0.0732. The maximum atomic E-state index is 13.5. The average molecular weight is 672 g/mol. The number of carbonyl (C=O) groups excluding carboxylic acids is 2. The molecule has 4 amide bonds. The van der Waals surface area contributed by atoms with Crippen LogP contribution in [0.25, 0.3) is 0 Å². The van der Waals surface area contributed by atoms with Crippen LogP contribution < -0.4 is 5.32 Å². The van der Waals surface area contributed by atoms with E-state index in [2.05, 4.69) is 75.8 Å². The van der Waals surface area contributed by atoms with Crippen molar-refractivity contribution in [3.63, 3.8) is 0 Å². The molecular formula is C41H49N7O2. The van der Waals surface area contributed by atoms with Gasteiger partial charge in [0.25, 0.3) is 0 Å². The number of hydrogen-bond donors (Lipinski definition) is 1.